The average molecular weight is 248 g/mol. The monoisotopic (exact) mass is 248 g/mol. The van der Waals surface area contributed by atoms with Gasteiger partial charge in [-0.25, -0.2) is 0 Å². The maximum atomic E-state index is 11.0. The van der Waals surface area contributed by atoms with Crippen LogP contribution in [0.25, 0.3) is 0 Å². The molecule has 1 aromatic rings. The Hall–Kier alpha value is -1.75. The fourth-order valence-corrected chi connectivity index (χ4v) is 2.37. The molecule has 96 valence electrons. The van der Waals surface area contributed by atoms with Crippen LogP contribution in [0.1, 0.15) is 24.8 Å². The second kappa shape index (κ2) is 5.73. The van der Waals surface area contributed by atoms with Gasteiger partial charge in [0, 0.05) is 18.7 Å². The molecule has 18 heavy (non-hydrogen) atoms. The van der Waals surface area contributed by atoms with E-state index in [9.17, 15) is 14.9 Å². The molecule has 1 heterocycles. The number of nitro groups is 1. The van der Waals surface area contributed by atoms with Crippen LogP contribution < -0.4 is 0 Å². The van der Waals surface area contributed by atoms with Gasteiger partial charge in [0.15, 0.2) is 0 Å². The summed E-state index contributed by atoms with van der Waals surface area (Å²) in [5, 5.41) is 10.7. The molecule has 1 aliphatic rings. The van der Waals surface area contributed by atoms with Gasteiger partial charge in [-0.15, -0.1) is 0 Å². The first-order chi connectivity index (χ1) is 8.70. The third-order valence-corrected chi connectivity index (χ3v) is 3.33. The van der Waals surface area contributed by atoms with Gasteiger partial charge in [0.1, 0.15) is 6.29 Å². The molecule has 0 radical (unpaired) electrons. The van der Waals surface area contributed by atoms with Crippen LogP contribution in [0.15, 0.2) is 24.3 Å². The number of benzene rings is 1. The predicted octanol–water partition coefficient (Wildman–Crippen LogP) is 2.15. The number of non-ortho nitro benzene ring substituents is 1. The molecule has 5 heteroatoms. The quantitative estimate of drug-likeness (QED) is 0.465. The first-order valence-corrected chi connectivity index (χ1v) is 6.13. The Balaban J connectivity index is 2.10. The highest BCUT2D eigenvalue weighted by Gasteiger charge is 2.22. The van der Waals surface area contributed by atoms with Gasteiger partial charge in [0.2, 0.25) is 0 Å². The standard InChI is InChI=1S/C13H16N2O3/c16-10-13-5-1-2-7-14(13)9-11-4-3-6-12(8-11)15(17)18/h3-4,6,8,10,13H,1-2,5,7,9H2. The van der Waals surface area contributed by atoms with Gasteiger partial charge in [-0.3, -0.25) is 15.0 Å². The zero-order valence-electron chi connectivity index (χ0n) is 10.1. The van der Waals surface area contributed by atoms with E-state index in [1.165, 1.54) is 6.07 Å². The van der Waals surface area contributed by atoms with E-state index >= 15 is 0 Å². The van der Waals surface area contributed by atoms with Crippen LogP contribution in [0, 0.1) is 10.1 Å². The summed E-state index contributed by atoms with van der Waals surface area (Å²) >= 11 is 0. The minimum atomic E-state index is -0.392. The number of carbonyl (C=O) groups excluding carboxylic acids is 1. The van der Waals surface area contributed by atoms with Crippen molar-refractivity contribution < 1.29 is 9.72 Å². The predicted molar refractivity (Wildman–Crippen MR) is 67.2 cm³/mol. The maximum absolute atomic E-state index is 11.0. The van der Waals surface area contributed by atoms with E-state index < -0.39 is 4.92 Å². The molecule has 1 fully saturated rings. The number of hydrogen-bond donors (Lipinski definition) is 0. The van der Waals surface area contributed by atoms with Gasteiger partial charge in [-0.1, -0.05) is 18.6 Å². The Labute approximate surface area is 106 Å². The molecule has 5 nitrogen and oxygen atoms in total. The van der Waals surface area contributed by atoms with Crippen molar-refractivity contribution in [3.8, 4) is 0 Å². The summed E-state index contributed by atoms with van der Waals surface area (Å²) in [7, 11) is 0. The summed E-state index contributed by atoms with van der Waals surface area (Å²) in [5.41, 5.74) is 0.991. The Morgan fingerprint density at radius 3 is 3.00 bits per heavy atom. The van der Waals surface area contributed by atoms with Gasteiger partial charge >= 0.3 is 0 Å². The number of nitro benzene ring substituents is 1. The summed E-state index contributed by atoms with van der Waals surface area (Å²) in [4.78, 5) is 23.4. The molecule has 1 aliphatic heterocycles. The zero-order chi connectivity index (χ0) is 13.0. The molecule has 1 atom stereocenters. The van der Waals surface area contributed by atoms with Crippen LogP contribution in [0.5, 0.6) is 0 Å². The van der Waals surface area contributed by atoms with Crippen LogP contribution in [-0.4, -0.2) is 28.7 Å². The van der Waals surface area contributed by atoms with E-state index in [0.29, 0.717) is 6.54 Å². The van der Waals surface area contributed by atoms with Gasteiger partial charge in [-0.2, -0.15) is 0 Å². The van der Waals surface area contributed by atoms with Crippen molar-refractivity contribution in [1.82, 2.24) is 4.90 Å². The van der Waals surface area contributed by atoms with Crippen LogP contribution in [-0.2, 0) is 11.3 Å². The van der Waals surface area contributed by atoms with E-state index in [0.717, 1.165) is 37.7 Å². The molecule has 0 N–H and O–H groups in total. The molecule has 0 aromatic heterocycles. The molecule has 0 aliphatic carbocycles. The first-order valence-electron chi connectivity index (χ1n) is 6.13. The van der Waals surface area contributed by atoms with Crippen molar-refractivity contribution >= 4 is 12.0 Å². The largest absolute Gasteiger partial charge is 0.302 e. The summed E-state index contributed by atoms with van der Waals surface area (Å²) in [6, 6.07) is 6.57. The number of piperidine rings is 1. The second-order valence-corrected chi connectivity index (χ2v) is 4.60. The number of carbonyl (C=O) groups is 1. The van der Waals surface area contributed by atoms with Crippen molar-refractivity contribution in [2.75, 3.05) is 6.54 Å². The van der Waals surface area contributed by atoms with Gasteiger partial charge in [-0.05, 0) is 24.9 Å². The van der Waals surface area contributed by atoms with Crippen molar-refractivity contribution in [1.29, 1.82) is 0 Å². The third-order valence-electron chi connectivity index (χ3n) is 3.33. The third kappa shape index (κ3) is 2.92. The van der Waals surface area contributed by atoms with E-state index in [1.807, 2.05) is 6.07 Å². The number of aldehydes is 1. The van der Waals surface area contributed by atoms with Crippen molar-refractivity contribution in [3.63, 3.8) is 0 Å². The molecule has 0 amide bonds. The number of nitrogens with zero attached hydrogens (tertiary/aromatic N) is 2. The smallest absolute Gasteiger partial charge is 0.269 e. The molecule has 1 unspecified atom stereocenters. The molecular formula is C13H16N2O3. The summed E-state index contributed by atoms with van der Waals surface area (Å²) in [6.45, 7) is 1.48. The zero-order valence-corrected chi connectivity index (χ0v) is 10.1. The molecular weight excluding hydrogens is 232 g/mol. The maximum Gasteiger partial charge on any atom is 0.269 e. The minimum Gasteiger partial charge on any atom is -0.302 e. The van der Waals surface area contributed by atoms with Crippen LogP contribution >= 0.6 is 0 Å². The Bertz CT molecular complexity index is 448. The van der Waals surface area contributed by atoms with E-state index in [-0.39, 0.29) is 11.7 Å². The second-order valence-electron chi connectivity index (χ2n) is 4.60. The highest BCUT2D eigenvalue weighted by Crippen LogP contribution is 2.20. The van der Waals surface area contributed by atoms with E-state index in [1.54, 1.807) is 12.1 Å². The Morgan fingerprint density at radius 2 is 2.28 bits per heavy atom. The van der Waals surface area contributed by atoms with Crippen molar-refractivity contribution in [3.05, 3.63) is 39.9 Å². The fourth-order valence-electron chi connectivity index (χ4n) is 2.37. The lowest BCUT2D eigenvalue weighted by molar-refractivity contribution is -0.384. The first kappa shape index (κ1) is 12.7. The van der Waals surface area contributed by atoms with E-state index in [2.05, 4.69) is 4.90 Å². The highest BCUT2D eigenvalue weighted by atomic mass is 16.6. The molecule has 2 rings (SSSR count). The summed E-state index contributed by atoms with van der Waals surface area (Å²) in [5.74, 6) is 0. The Kier molecular flexibility index (Phi) is 4.04. The Morgan fingerprint density at radius 1 is 1.44 bits per heavy atom. The van der Waals surface area contributed by atoms with Gasteiger partial charge in [0.05, 0.1) is 11.0 Å². The number of rotatable bonds is 4. The van der Waals surface area contributed by atoms with Gasteiger partial charge in [0.25, 0.3) is 5.69 Å². The summed E-state index contributed by atoms with van der Waals surface area (Å²) < 4.78 is 0. The lowest BCUT2D eigenvalue weighted by Crippen LogP contribution is -2.39. The highest BCUT2D eigenvalue weighted by molar-refractivity contribution is 5.57. The number of hydrogen-bond acceptors (Lipinski definition) is 4. The van der Waals surface area contributed by atoms with E-state index in [4.69, 9.17) is 0 Å². The molecule has 1 saturated heterocycles. The SMILES string of the molecule is O=CC1CCCCN1Cc1cccc([N+](=O)[O-])c1. The molecule has 0 bridgehead atoms. The van der Waals surface area contributed by atoms with Crippen molar-refractivity contribution in [2.24, 2.45) is 0 Å². The normalized spacial score (nSPS) is 20.6. The van der Waals surface area contributed by atoms with Crippen LogP contribution in [0.3, 0.4) is 0 Å². The topological polar surface area (TPSA) is 63.5 Å². The van der Waals surface area contributed by atoms with Crippen molar-refractivity contribution in [2.45, 2.75) is 31.8 Å². The fraction of sp³-hybridized carbons (Fsp3) is 0.462. The van der Waals surface area contributed by atoms with Crippen LogP contribution in [0.2, 0.25) is 0 Å². The minimum absolute atomic E-state index is 0.0435. The summed E-state index contributed by atoms with van der Waals surface area (Å²) in [6.07, 6.45) is 4.03. The average Bonchev–Trinajstić information content (AvgIpc) is 2.39. The van der Waals surface area contributed by atoms with Crippen LogP contribution in [0.4, 0.5) is 5.69 Å². The van der Waals surface area contributed by atoms with Gasteiger partial charge < -0.3 is 4.79 Å². The lowest BCUT2D eigenvalue weighted by atomic mass is 10.0. The molecule has 0 spiro atoms. The lowest BCUT2D eigenvalue weighted by Gasteiger charge is -2.32. The number of likely N-dealkylation sites (tertiary alicyclic amines) is 1. The molecule has 0 saturated carbocycles. The molecule has 1 aromatic carbocycles.